The lowest BCUT2D eigenvalue weighted by Crippen LogP contribution is -2.44. The molecule has 1 heterocycles. The van der Waals surface area contributed by atoms with Gasteiger partial charge in [0.05, 0.1) is 23.7 Å². The van der Waals surface area contributed by atoms with Crippen LogP contribution in [-0.2, 0) is 21.1 Å². The van der Waals surface area contributed by atoms with E-state index in [1.807, 2.05) is 0 Å². The number of carbonyl (C=O) groups excluding carboxylic acids is 2. The maximum absolute atomic E-state index is 13.5. The smallest absolute Gasteiger partial charge is 0.416 e. The van der Waals surface area contributed by atoms with Crippen molar-refractivity contribution in [1.29, 1.82) is 0 Å². The van der Waals surface area contributed by atoms with E-state index in [1.54, 1.807) is 0 Å². The highest BCUT2D eigenvalue weighted by molar-refractivity contribution is 6.03. The number of amides is 1. The van der Waals surface area contributed by atoms with E-state index >= 15 is 0 Å². The zero-order chi connectivity index (χ0) is 21.0. The van der Waals surface area contributed by atoms with E-state index in [0.29, 0.717) is 5.56 Å². The van der Waals surface area contributed by atoms with Crippen LogP contribution in [0.3, 0.4) is 0 Å². The highest BCUT2D eigenvalue weighted by Crippen LogP contribution is 2.53. The maximum atomic E-state index is 13.5. The van der Waals surface area contributed by atoms with Crippen molar-refractivity contribution in [2.45, 2.75) is 24.4 Å². The van der Waals surface area contributed by atoms with Crippen molar-refractivity contribution in [2.75, 3.05) is 7.11 Å². The number of allylic oxidation sites excluding steroid dienone is 1. The molecule has 1 unspecified atom stereocenters. The van der Waals surface area contributed by atoms with Crippen LogP contribution in [0.1, 0.15) is 39.9 Å². The topological polar surface area (TPSA) is 55.4 Å². The summed E-state index contributed by atoms with van der Waals surface area (Å²) in [6, 6.07) is 8.22. The first-order chi connectivity index (χ1) is 13.7. The number of methoxy groups -OCH3 is 1. The number of benzene rings is 2. The van der Waals surface area contributed by atoms with Crippen molar-refractivity contribution in [1.82, 2.24) is 5.32 Å². The van der Waals surface area contributed by atoms with Gasteiger partial charge in [-0.25, -0.2) is 9.18 Å². The quantitative estimate of drug-likeness (QED) is 0.605. The number of hydrogen-bond acceptors (Lipinski definition) is 3. The summed E-state index contributed by atoms with van der Waals surface area (Å²) in [6.07, 6.45) is -4.19. The fourth-order valence-electron chi connectivity index (χ4n) is 4.23. The van der Waals surface area contributed by atoms with Gasteiger partial charge in [-0.2, -0.15) is 13.2 Å². The number of rotatable bonds is 2. The summed E-state index contributed by atoms with van der Waals surface area (Å²) in [5.41, 5.74) is -1.05. The van der Waals surface area contributed by atoms with E-state index in [9.17, 15) is 27.2 Å². The normalized spacial score (nSPS) is 20.8. The van der Waals surface area contributed by atoms with Crippen LogP contribution in [0.4, 0.5) is 17.6 Å². The molecule has 1 N–H and O–H groups in total. The molecule has 0 radical (unpaired) electrons. The predicted octanol–water partition coefficient (Wildman–Crippen LogP) is 4.09. The third-order valence-corrected chi connectivity index (χ3v) is 5.54. The SMILES string of the molecule is COC(=O)C1=C2NC(=O)c3ccc(C(F)(F)F)cc3C2(c2ccc(F)cc2)CC1. The second kappa shape index (κ2) is 6.43. The first-order valence-electron chi connectivity index (χ1n) is 8.79. The van der Waals surface area contributed by atoms with Gasteiger partial charge in [-0.05, 0) is 54.3 Å². The number of carbonyl (C=O) groups is 2. The zero-order valence-corrected chi connectivity index (χ0v) is 15.2. The second-order valence-corrected chi connectivity index (χ2v) is 6.97. The number of alkyl halides is 3. The molecule has 1 aliphatic heterocycles. The number of hydrogen-bond donors (Lipinski definition) is 1. The summed E-state index contributed by atoms with van der Waals surface area (Å²) in [5.74, 6) is -1.78. The average molecular weight is 405 g/mol. The Hall–Kier alpha value is -3.16. The monoisotopic (exact) mass is 405 g/mol. The predicted molar refractivity (Wildman–Crippen MR) is 94.4 cm³/mol. The number of ether oxygens (including phenoxy) is 1. The van der Waals surface area contributed by atoms with Gasteiger partial charge in [0.25, 0.3) is 5.91 Å². The van der Waals surface area contributed by atoms with E-state index in [-0.39, 0.29) is 35.2 Å². The molecule has 0 spiro atoms. The Labute approximate surface area is 163 Å². The summed E-state index contributed by atoms with van der Waals surface area (Å²) in [6.45, 7) is 0. The summed E-state index contributed by atoms with van der Waals surface area (Å²) in [4.78, 5) is 24.9. The van der Waals surface area contributed by atoms with E-state index < -0.39 is 34.8 Å². The van der Waals surface area contributed by atoms with Gasteiger partial charge >= 0.3 is 12.1 Å². The minimum absolute atomic E-state index is 0.0807. The summed E-state index contributed by atoms with van der Waals surface area (Å²) >= 11 is 0. The van der Waals surface area contributed by atoms with Gasteiger partial charge in [-0.3, -0.25) is 4.79 Å². The van der Waals surface area contributed by atoms with Gasteiger partial charge in [0, 0.05) is 11.3 Å². The molecule has 8 heteroatoms. The first-order valence-corrected chi connectivity index (χ1v) is 8.79. The lowest BCUT2D eigenvalue weighted by atomic mass is 9.68. The van der Waals surface area contributed by atoms with Gasteiger partial charge in [0.1, 0.15) is 5.82 Å². The van der Waals surface area contributed by atoms with Gasteiger partial charge in [0.2, 0.25) is 0 Å². The Morgan fingerprint density at radius 1 is 1.14 bits per heavy atom. The second-order valence-electron chi connectivity index (χ2n) is 6.97. The summed E-state index contributed by atoms with van der Waals surface area (Å²) in [5, 5.41) is 2.68. The minimum Gasteiger partial charge on any atom is -0.466 e. The molecule has 1 amide bonds. The van der Waals surface area contributed by atoms with Crippen molar-refractivity contribution in [3.63, 3.8) is 0 Å². The first kappa shape index (κ1) is 19.2. The molecule has 1 atom stereocenters. The number of esters is 1. The van der Waals surface area contributed by atoms with Crippen molar-refractivity contribution < 1.29 is 31.9 Å². The molecule has 0 fully saturated rings. The third-order valence-electron chi connectivity index (χ3n) is 5.54. The molecule has 29 heavy (non-hydrogen) atoms. The largest absolute Gasteiger partial charge is 0.466 e. The standard InChI is InChI=1S/C21H15F4NO3/c1-29-19(28)15-8-9-20(11-2-5-13(22)6-3-11)16-10-12(21(23,24)25)4-7-14(16)18(27)26-17(15)20/h2-7,10H,8-9H2,1H3,(H,26,27). The Morgan fingerprint density at radius 3 is 2.45 bits per heavy atom. The number of nitrogens with one attached hydrogen (secondary N) is 1. The van der Waals surface area contributed by atoms with Crippen LogP contribution in [0.5, 0.6) is 0 Å². The van der Waals surface area contributed by atoms with E-state index in [0.717, 1.165) is 18.2 Å². The molecule has 4 rings (SSSR count). The van der Waals surface area contributed by atoms with Crippen LogP contribution in [0.2, 0.25) is 0 Å². The Balaban J connectivity index is 2.06. The highest BCUT2D eigenvalue weighted by Gasteiger charge is 2.51. The molecule has 2 aromatic carbocycles. The molecule has 1 aliphatic carbocycles. The van der Waals surface area contributed by atoms with Crippen molar-refractivity contribution in [3.05, 3.63) is 81.8 Å². The lowest BCUT2D eigenvalue weighted by Gasteiger charge is -2.39. The minimum atomic E-state index is -4.61. The molecular weight excluding hydrogens is 390 g/mol. The Kier molecular flexibility index (Phi) is 4.25. The van der Waals surface area contributed by atoms with Crippen LogP contribution in [0, 0.1) is 5.82 Å². The fourth-order valence-corrected chi connectivity index (χ4v) is 4.23. The summed E-state index contributed by atoms with van der Waals surface area (Å²) in [7, 11) is 1.19. The Bertz CT molecular complexity index is 1060. The van der Waals surface area contributed by atoms with Crippen molar-refractivity contribution in [3.8, 4) is 0 Å². The lowest BCUT2D eigenvalue weighted by molar-refractivity contribution is -0.138. The van der Waals surface area contributed by atoms with Gasteiger partial charge in [-0.1, -0.05) is 12.1 Å². The zero-order valence-electron chi connectivity index (χ0n) is 15.2. The number of halogens is 4. The van der Waals surface area contributed by atoms with Crippen LogP contribution < -0.4 is 5.32 Å². The molecular formula is C21H15F4NO3. The average Bonchev–Trinajstić information content (AvgIpc) is 3.07. The van der Waals surface area contributed by atoms with Crippen molar-refractivity contribution in [2.24, 2.45) is 0 Å². The molecule has 150 valence electrons. The molecule has 0 saturated carbocycles. The molecule has 2 aromatic rings. The molecule has 2 aliphatic rings. The maximum Gasteiger partial charge on any atom is 0.416 e. The van der Waals surface area contributed by atoms with E-state index in [1.165, 1.54) is 31.4 Å². The van der Waals surface area contributed by atoms with Crippen LogP contribution >= 0.6 is 0 Å². The van der Waals surface area contributed by atoms with E-state index in [4.69, 9.17) is 4.74 Å². The molecule has 4 nitrogen and oxygen atoms in total. The van der Waals surface area contributed by atoms with Crippen LogP contribution in [0.15, 0.2) is 53.7 Å². The van der Waals surface area contributed by atoms with Gasteiger partial charge in [0.15, 0.2) is 0 Å². The van der Waals surface area contributed by atoms with Gasteiger partial charge in [-0.15, -0.1) is 0 Å². The van der Waals surface area contributed by atoms with Crippen LogP contribution in [-0.4, -0.2) is 19.0 Å². The van der Waals surface area contributed by atoms with Crippen molar-refractivity contribution >= 4 is 11.9 Å². The summed E-state index contributed by atoms with van der Waals surface area (Å²) < 4.78 is 58.5. The highest BCUT2D eigenvalue weighted by atomic mass is 19.4. The third kappa shape index (κ3) is 2.82. The Morgan fingerprint density at radius 2 is 1.83 bits per heavy atom. The fraction of sp³-hybridized carbons (Fsp3) is 0.238. The van der Waals surface area contributed by atoms with Gasteiger partial charge < -0.3 is 10.1 Å². The van der Waals surface area contributed by atoms with E-state index in [2.05, 4.69) is 5.32 Å². The molecule has 0 saturated heterocycles. The number of fused-ring (bicyclic) bond motifs is 3. The molecule has 0 aromatic heterocycles. The van der Waals surface area contributed by atoms with Crippen LogP contribution in [0.25, 0.3) is 0 Å². The molecule has 0 bridgehead atoms.